The second-order valence-corrected chi connectivity index (χ2v) is 6.02. The van der Waals surface area contributed by atoms with Gasteiger partial charge in [-0.15, -0.1) is 6.58 Å². The van der Waals surface area contributed by atoms with Crippen molar-refractivity contribution in [2.24, 2.45) is 0 Å². The molecule has 2 saturated heterocycles. The first-order valence-corrected chi connectivity index (χ1v) is 6.15. The fourth-order valence-corrected chi connectivity index (χ4v) is 4.49. The molecule has 0 aromatic rings. The highest BCUT2D eigenvalue weighted by Gasteiger charge is 2.42. The Labute approximate surface area is 84.6 Å². The Bertz CT molecular complexity index is 190. The van der Waals surface area contributed by atoms with Crippen LogP contribution in [-0.2, 0) is 0 Å². The molecule has 2 fully saturated rings. The molecule has 0 radical (unpaired) electrons. The van der Waals surface area contributed by atoms with Crippen LogP contribution < -0.4 is 0 Å². The Morgan fingerprint density at radius 2 is 2.00 bits per heavy atom. The lowest BCUT2D eigenvalue weighted by Crippen LogP contribution is -2.36. The monoisotopic (exact) mass is 198 g/mol. The third kappa shape index (κ3) is 2.10. The molecule has 2 heteroatoms. The van der Waals surface area contributed by atoms with Crippen LogP contribution >= 0.6 is 11.8 Å². The van der Waals surface area contributed by atoms with E-state index in [1.165, 1.54) is 12.8 Å². The van der Waals surface area contributed by atoms with Gasteiger partial charge in [-0.25, -0.2) is 0 Å². The first-order chi connectivity index (χ1) is 6.22. The van der Waals surface area contributed by atoms with Crippen molar-refractivity contribution in [3.05, 3.63) is 12.7 Å². The molecule has 0 saturated carbocycles. The van der Waals surface area contributed by atoms with Crippen molar-refractivity contribution < 1.29 is 5.11 Å². The van der Waals surface area contributed by atoms with Gasteiger partial charge in [-0.3, -0.25) is 0 Å². The molecule has 2 heterocycles. The molecule has 13 heavy (non-hydrogen) atoms. The highest BCUT2D eigenvalue weighted by atomic mass is 32.2. The number of fused-ring (bicyclic) bond motifs is 2. The number of thioether (sulfide) groups is 1. The average molecular weight is 198 g/mol. The maximum atomic E-state index is 10.3. The van der Waals surface area contributed by atoms with Gasteiger partial charge in [0.25, 0.3) is 0 Å². The van der Waals surface area contributed by atoms with Crippen LogP contribution in [0.25, 0.3) is 0 Å². The van der Waals surface area contributed by atoms with Gasteiger partial charge in [-0.2, -0.15) is 11.8 Å². The summed E-state index contributed by atoms with van der Waals surface area (Å²) in [6.45, 7) is 3.71. The number of aliphatic hydroxyl groups is 1. The first-order valence-electron chi connectivity index (χ1n) is 5.21. The zero-order chi connectivity index (χ0) is 9.31. The number of hydrogen-bond donors (Lipinski definition) is 1. The van der Waals surface area contributed by atoms with Crippen LogP contribution in [0.1, 0.15) is 38.5 Å². The first kappa shape index (κ1) is 9.60. The minimum Gasteiger partial charge on any atom is -0.390 e. The van der Waals surface area contributed by atoms with E-state index in [9.17, 15) is 5.11 Å². The van der Waals surface area contributed by atoms with Crippen LogP contribution in [0.4, 0.5) is 0 Å². The van der Waals surface area contributed by atoms with Gasteiger partial charge < -0.3 is 5.11 Å². The summed E-state index contributed by atoms with van der Waals surface area (Å²) in [5.74, 6) is 0. The van der Waals surface area contributed by atoms with E-state index in [2.05, 4.69) is 18.3 Å². The van der Waals surface area contributed by atoms with Crippen molar-refractivity contribution in [2.75, 3.05) is 0 Å². The lowest BCUT2D eigenvalue weighted by Gasteiger charge is -2.35. The zero-order valence-corrected chi connectivity index (χ0v) is 8.85. The number of allylic oxidation sites excluding steroid dienone is 1. The van der Waals surface area contributed by atoms with Gasteiger partial charge in [0.05, 0.1) is 5.60 Å². The normalized spacial score (nSPS) is 43.5. The van der Waals surface area contributed by atoms with Crippen LogP contribution in [0, 0.1) is 0 Å². The van der Waals surface area contributed by atoms with E-state index in [1.54, 1.807) is 0 Å². The summed E-state index contributed by atoms with van der Waals surface area (Å²) >= 11 is 2.10. The van der Waals surface area contributed by atoms with E-state index >= 15 is 0 Å². The van der Waals surface area contributed by atoms with E-state index in [0.717, 1.165) is 36.2 Å². The molecule has 0 amide bonds. The fourth-order valence-electron chi connectivity index (χ4n) is 2.59. The molecule has 2 aliphatic heterocycles. The molecule has 2 aliphatic rings. The van der Waals surface area contributed by atoms with Gasteiger partial charge in [0.15, 0.2) is 0 Å². The predicted octanol–water partition coefficient (Wildman–Crippen LogP) is 2.74. The van der Waals surface area contributed by atoms with Gasteiger partial charge >= 0.3 is 0 Å². The van der Waals surface area contributed by atoms with Crippen LogP contribution in [0.2, 0.25) is 0 Å². The molecule has 1 nitrogen and oxygen atoms in total. The van der Waals surface area contributed by atoms with Crippen LogP contribution in [0.15, 0.2) is 12.7 Å². The van der Waals surface area contributed by atoms with Crippen molar-refractivity contribution >= 4 is 11.8 Å². The van der Waals surface area contributed by atoms with Gasteiger partial charge in [0, 0.05) is 10.5 Å². The lowest BCUT2D eigenvalue weighted by atomic mass is 9.89. The fraction of sp³-hybridized carbons (Fsp3) is 0.818. The minimum atomic E-state index is -0.356. The average Bonchev–Trinajstić information content (AvgIpc) is 2.43. The molecule has 1 N–H and O–H groups in total. The lowest BCUT2D eigenvalue weighted by molar-refractivity contribution is 0.0164. The largest absolute Gasteiger partial charge is 0.390 e. The van der Waals surface area contributed by atoms with E-state index < -0.39 is 0 Å². The van der Waals surface area contributed by atoms with Crippen molar-refractivity contribution in [3.8, 4) is 0 Å². The predicted molar refractivity (Wildman–Crippen MR) is 58.0 cm³/mol. The molecule has 2 atom stereocenters. The maximum Gasteiger partial charge on any atom is 0.0671 e. The summed E-state index contributed by atoms with van der Waals surface area (Å²) in [5.41, 5.74) is -0.356. The second kappa shape index (κ2) is 3.66. The van der Waals surface area contributed by atoms with Gasteiger partial charge in [0.2, 0.25) is 0 Å². The van der Waals surface area contributed by atoms with Crippen LogP contribution in [0.3, 0.4) is 0 Å². The van der Waals surface area contributed by atoms with Gasteiger partial charge in [0.1, 0.15) is 0 Å². The van der Waals surface area contributed by atoms with E-state index in [1.807, 2.05) is 6.08 Å². The molecule has 0 aromatic carbocycles. The smallest absolute Gasteiger partial charge is 0.0671 e. The third-order valence-electron chi connectivity index (χ3n) is 3.22. The summed E-state index contributed by atoms with van der Waals surface area (Å²) in [4.78, 5) is 0. The van der Waals surface area contributed by atoms with Crippen molar-refractivity contribution in [1.82, 2.24) is 0 Å². The molecular weight excluding hydrogens is 180 g/mol. The molecule has 2 bridgehead atoms. The van der Waals surface area contributed by atoms with Gasteiger partial charge in [-0.1, -0.05) is 6.08 Å². The van der Waals surface area contributed by atoms with E-state index in [0.29, 0.717) is 0 Å². The number of hydrogen-bond acceptors (Lipinski definition) is 2. The van der Waals surface area contributed by atoms with Crippen molar-refractivity contribution in [3.63, 3.8) is 0 Å². The highest BCUT2D eigenvalue weighted by molar-refractivity contribution is 8.00. The minimum absolute atomic E-state index is 0.356. The summed E-state index contributed by atoms with van der Waals surface area (Å²) in [7, 11) is 0. The molecule has 74 valence electrons. The summed E-state index contributed by atoms with van der Waals surface area (Å²) in [6.07, 6.45) is 8.48. The maximum absolute atomic E-state index is 10.3. The summed E-state index contributed by atoms with van der Waals surface area (Å²) in [5, 5.41) is 11.8. The zero-order valence-electron chi connectivity index (χ0n) is 8.04. The SMILES string of the molecule is C=CCCC1(O)CC2CCC(C1)S2. The topological polar surface area (TPSA) is 20.2 Å². The van der Waals surface area contributed by atoms with E-state index in [-0.39, 0.29) is 5.60 Å². The number of rotatable bonds is 3. The second-order valence-electron chi connectivity index (χ2n) is 4.42. The molecule has 0 spiro atoms. The summed E-state index contributed by atoms with van der Waals surface area (Å²) < 4.78 is 0. The van der Waals surface area contributed by atoms with Gasteiger partial charge in [-0.05, 0) is 38.5 Å². The molecule has 0 aliphatic carbocycles. The highest BCUT2D eigenvalue weighted by Crippen LogP contribution is 2.48. The van der Waals surface area contributed by atoms with E-state index in [4.69, 9.17) is 0 Å². The Kier molecular flexibility index (Phi) is 2.70. The Balaban J connectivity index is 1.95. The van der Waals surface area contributed by atoms with Crippen molar-refractivity contribution in [1.29, 1.82) is 0 Å². The Morgan fingerprint density at radius 3 is 2.54 bits per heavy atom. The van der Waals surface area contributed by atoms with Crippen LogP contribution in [0.5, 0.6) is 0 Å². The Hall–Kier alpha value is 0.0500. The standard InChI is InChI=1S/C11H18OS/c1-2-3-6-11(12)7-9-4-5-10(8-11)13-9/h2,9-10,12H,1,3-8H2. The molecule has 2 unspecified atom stereocenters. The molecule has 2 rings (SSSR count). The Morgan fingerprint density at radius 1 is 1.38 bits per heavy atom. The molecule has 0 aromatic heterocycles. The van der Waals surface area contributed by atoms with Crippen LogP contribution in [-0.4, -0.2) is 21.2 Å². The van der Waals surface area contributed by atoms with Crippen molar-refractivity contribution in [2.45, 2.75) is 54.6 Å². The summed E-state index contributed by atoms with van der Waals surface area (Å²) in [6, 6.07) is 0. The quantitative estimate of drug-likeness (QED) is 0.704. The molecular formula is C11H18OS. The third-order valence-corrected chi connectivity index (χ3v) is 4.80.